The number of hydrogen-bond donors (Lipinski definition) is 1. The fourth-order valence-electron chi connectivity index (χ4n) is 2.40. The van der Waals surface area contributed by atoms with Gasteiger partial charge >= 0.3 is 0 Å². The molecule has 0 radical (unpaired) electrons. The summed E-state index contributed by atoms with van der Waals surface area (Å²) in [6.45, 7) is 0. The molecule has 2 aromatic carbocycles. The van der Waals surface area contributed by atoms with Crippen molar-refractivity contribution < 1.29 is 5.11 Å². The first-order chi connectivity index (χ1) is 8.77. The van der Waals surface area contributed by atoms with Crippen LogP contribution >= 0.6 is 0 Å². The Balaban J connectivity index is 1.85. The second kappa shape index (κ2) is 4.58. The maximum Gasteiger partial charge on any atom is 0.0653 e. The number of aryl methyl sites for hydroxylation is 1. The first-order valence-corrected chi connectivity index (χ1v) is 6.63. The summed E-state index contributed by atoms with van der Waals surface area (Å²) in [7, 11) is 0. The van der Waals surface area contributed by atoms with Crippen molar-refractivity contribution in [2.75, 3.05) is 0 Å². The van der Waals surface area contributed by atoms with Crippen LogP contribution in [0, 0.1) is 0 Å². The van der Waals surface area contributed by atoms with E-state index < -0.39 is 0 Å². The van der Waals surface area contributed by atoms with Gasteiger partial charge in [0.1, 0.15) is 0 Å². The van der Waals surface area contributed by atoms with Gasteiger partial charge in [0.25, 0.3) is 0 Å². The van der Waals surface area contributed by atoms with Crippen LogP contribution in [-0.4, -0.2) is 10.7 Å². The molecule has 18 heavy (non-hydrogen) atoms. The molecule has 0 saturated heterocycles. The summed E-state index contributed by atoms with van der Waals surface area (Å²) >= 11 is 0. The van der Waals surface area contributed by atoms with Crippen molar-refractivity contribution in [2.24, 2.45) is 0 Å². The van der Waals surface area contributed by atoms with Gasteiger partial charge in [-0.2, -0.15) is 0 Å². The van der Waals surface area contributed by atoms with Crippen LogP contribution in [0.3, 0.4) is 0 Å². The highest BCUT2D eigenvalue weighted by atomic mass is 16.3. The molecular weight excluding hydrogens is 220 g/mol. The Morgan fingerprint density at radius 3 is 2.28 bits per heavy atom. The molecule has 0 aliphatic heterocycles. The summed E-state index contributed by atoms with van der Waals surface area (Å²) in [5, 5.41) is 9.95. The minimum Gasteiger partial charge on any atom is -0.390 e. The van der Waals surface area contributed by atoms with Crippen LogP contribution < -0.4 is 0 Å². The SMILES string of the molecule is OC1(CCc2ccccc2-c2ccccc2)CC1. The van der Waals surface area contributed by atoms with Gasteiger partial charge in [0.2, 0.25) is 0 Å². The van der Waals surface area contributed by atoms with Gasteiger partial charge in [0.05, 0.1) is 5.60 Å². The van der Waals surface area contributed by atoms with Crippen molar-refractivity contribution in [3.63, 3.8) is 0 Å². The molecule has 0 atom stereocenters. The van der Waals surface area contributed by atoms with E-state index >= 15 is 0 Å². The normalized spacial score (nSPS) is 16.5. The zero-order valence-corrected chi connectivity index (χ0v) is 10.5. The van der Waals surface area contributed by atoms with Crippen molar-refractivity contribution >= 4 is 0 Å². The van der Waals surface area contributed by atoms with E-state index in [4.69, 9.17) is 0 Å². The van der Waals surface area contributed by atoms with E-state index in [1.54, 1.807) is 0 Å². The van der Waals surface area contributed by atoms with E-state index in [-0.39, 0.29) is 5.60 Å². The molecular formula is C17H18O. The number of aliphatic hydroxyl groups is 1. The lowest BCUT2D eigenvalue weighted by Gasteiger charge is -2.12. The zero-order chi connectivity index (χ0) is 12.4. The first kappa shape index (κ1) is 11.5. The first-order valence-electron chi connectivity index (χ1n) is 6.63. The molecule has 2 aromatic rings. The largest absolute Gasteiger partial charge is 0.390 e. The molecule has 1 nitrogen and oxygen atoms in total. The minimum absolute atomic E-state index is 0.357. The van der Waals surface area contributed by atoms with Crippen molar-refractivity contribution in [1.82, 2.24) is 0 Å². The van der Waals surface area contributed by atoms with Crippen molar-refractivity contribution in [3.8, 4) is 11.1 Å². The van der Waals surface area contributed by atoms with Gasteiger partial charge in [-0.3, -0.25) is 0 Å². The van der Waals surface area contributed by atoms with Crippen LogP contribution in [0.15, 0.2) is 54.6 Å². The molecule has 0 spiro atoms. The van der Waals surface area contributed by atoms with Crippen LogP contribution in [0.1, 0.15) is 24.8 Å². The average molecular weight is 238 g/mol. The molecule has 0 bridgehead atoms. The summed E-state index contributed by atoms with van der Waals surface area (Å²) in [5.74, 6) is 0. The Morgan fingerprint density at radius 1 is 0.889 bits per heavy atom. The van der Waals surface area contributed by atoms with Gasteiger partial charge in [-0.25, -0.2) is 0 Å². The average Bonchev–Trinajstić information content (AvgIpc) is 3.16. The summed E-state index contributed by atoms with van der Waals surface area (Å²) in [5.41, 5.74) is 3.53. The van der Waals surface area contributed by atoms with E-state index in [0.29, 0.717) is 0 Å². The molecule has 1 aliphatic rings. The number of benzene rings is 2. The maximum absolute atomic E-state index is 9.95. The molecule has 1 N–H and O–H groups in total. The third-order valence-corrected chi connectivity index (χ3v) is 3.79. The summed E-state index contributed by atoms with van der Waals surface area (Å²) in [6, 6.07) is 19.0. The van der Waals surface area contributed by atoms with E-state index in [0.717, 1.165) is 25.7 Å². The summed E-state index contributed by atoms with van der Waals surface area (Å²) < 4.78 is 0. The Bertz CT molecular complexity index is 526. The molecule has 0 aromatic heterocycles. The van der Waals surface area contributed by atoms with Crippen LogP contribution in [-0.2, 0) is 6.42 Å². The van der Waals surface area contributed by atoms with Gasteiger partial charge in [-0.1, -0.05) is 54.6 Å². The summed E-state index contributed by atoms with van der Waals surface area (Å²) in [6.07, 6.45) is 3.79. The van der Waals surface area contributed by atoms with Gasteiger partial charge in [0.15, 0.2) is 0 Å². The lowest BCUT2D eigenvalue weighted by molar-refractivity contribution is 0.140. The molecule has 0 unspecified atom stereocenters. The van der Waals surface area contributed by atoms with Gasteiger partial charge in [-0.15, -0.1) is 0 Å². The fourth-order valence-corrected chi connectivity index (χ4v) is 2.40. The lowest BCUT2D eigenvalue weighted by Crippen LogP contribution is -2.08. The van der Waals surface area contributed by atoms with E-state index in [9.17, 15) is 5.11 Å². The van der Waals surface area contributed by atoms with Crippen molar-refractivity contribution in [1.29, 1.82) is 0 Å². The highest BCUT2D eigenvalue weighted by Crippen LogP contribution is 2.40. The minimum atomic E-state index is -0.357. The van der Waals surface area contributed by atoms with Gasteiger partial charge in [-0.05, 0) is 42.4 Å². The zero-order valence-electron chi connectivity index (χ0n) is 10.5. The lowest BCUT2D eigenvalue weighted by atomic mass is 9.95. The smallest absolute Gasteiger partial charge is 0.0653 e. The standard InChI is InChI=1S/C17H18O/c18-17(12-13-17)11-10-15-8-4-5-9-16(15)14-6-2-1-3-7-14/h1-9,18H,10-13H2. The topological polar surface area (TPSA) is 20.2 Å². The predicted octanol–water partition coefficient (Wildman–Crippen LogP) is 3.81. The van der Waals surface area contributed by atoms with Crippen LogP contribution in [0.4, 0.5) is 0 Å². The molecule has 92 valence electrons. The second-order valence-electron chi connectivity index (χ2n) is 5.25. The molecule has 1 heteroatoms. The fraction of sp³-hybridized carbons (Fsp3) is 0.294. The molecule has 0 amide bonds. The maximum atomic E-state index is 9.95. The number of rotatable bonds is 4. The highest BCUT2D eigenvalue weighted by Gasteiger charge is 2.39. The van der Waals surface area contributed by atoms with Crippen LogP contribution in [0.2, 0.25) is 0 Å². The predicted molar refractivity (Wildman–Crippen MR) is 74.4 cm³/mol. The van der Waals surface area contributed by atoms with E-state index in [2.05, 4.69) is 48.5 Å². The highest BCUT2D eigenvalue weighted by molar-refractivity contribution is 5.67. The van der Waals surface area contributed by atoms with Gasteiger partial charge < -0.3 is 5.11 Å². The molecule has 3 rings (SSSR count). The van der Waals surface area contributed by atoms with Crippen LogP contribution in [0.25, 0.3) is 11.1 Å². The van der Waals surface area contributed by atoms with Crippen LogP contribution in [0.5, 0.6) is 0 Å². The number of hydrogen-bond acceptors (Lipinski definition) is 1. The molecule has 1 aliphatic carbocycles. The molecule has 1 fully saturated rings. The summed E-state index contributed by atoms with van der Waals surface area (Å²) in [4.78, 5) is 0. The quantitative estimate of drug-likeness (QED) is 0.858. The Labute approximate surface area is 108 Å². The molecule has 1 saturated carbocycles. The third kappa shape index (κ3) is 2.46. The Kier molecular flexibility index (Phi) is 2.92. The molecule has 0 heterocycles. The third-order valence-electron chi connectivity index (χ3n) is 3.79. The Hall–Kier alpha value is -1.60. The van der Waals surface area contributed by atoms with Crippen molar-refractivity contribution in [3.05, 3.63) is 60.2 Å². The van der Waals surface area contributed by atoms with E-state index in [1.807, 2.05) is 6.07 Å². The van der Waals surface area contributed by atoms with E-state index in [1.165, 1.54) is 16.7 Å². The van der Waals surface area contributed by atoms with Gasteiger partial charge in [0, 0.05) is 0 Å². The Morgan fingerprint density at radius 2 is 1.56 bits per heavy atom. The van der Waals surface area contributed by atoms with Crippen molar-refractivity contribution in [2.45, 2.75) is 31.3 Å². The second-order valence-corrected chi connectivity index (χ2v) is 5.25. The monoisotopic (exact) mass is 238 g/mol.